The van der Waals surface area contributed by atoms with E-state index in [0.29, 0.717) is 37.5 Å². The van der Waals surface area contributed by atoms with Crippen molar-refractivity contribution in [3.63, 3.8) is 0 Å². The minimum Gasteiger partial charge on any atom is -0.380 e. The summed E-state index contributed by atoms with van der Waals surface area (Å²) in [5.74, 6) is 0.947. The third kappa shape index (κ3) is 2.07. The van der Waals surface area contributed by atoms with Crippen molar-refractivity contribution in [2.24, 2.45) is 34.5 Å². The second-order valence-corrected chi connectivity index (χ2v) is 9.78. The summed E-state index contributed by atoms with van der Waals surface area (Å²) in [4.78, 5) is 12.0. The van der Waals surface area contributed by atoms with E-state index >= 15 is 0 Å². The number of fused-ring (bicyclic) bond motifs is 5. The van der Waals surface area contributed by atoms with Gasteiger partial charge in [-0.05, 0) is 80.6 Å². The molecule has 1 N–H and O–H groups in total. The van der Waals surface area contributed by atoms with Crippen molar-refractivity contribution in [1.29, 1.82) is 0 Å². The van der Waals surface area contributed by atoms with Gasteiger partial charge in [0.15, 0.2) is 11.4 Å². The number of carbonyl (C=O) groups is 1. The predicted octanol–water partition coefficient (Wildman–Crippen LogP) is 5.06. The van der Waals surface area contributed by atoms with Crippen LogP contribution in [0.2, 0.25) is 0 Å². The summed E-state index contributed by atoms with van der Waals surface area (Å²) >= 11 is 0. The molecule has 0 heterocycles. The van der Waals surface area contributed by atoms with E-state index in [1.165, 1.54) is 0 Å². The fraction of sp³-hybridized carbons (Fsp3) is 0.857. The highest BCUT2D eigenvalue weighted by Crippen LogP contribution is 2.70. The van der Waals surface area contributed by atoms with Crippen molar-refractivity contribution >= 4 is 5.78 Å². The first kappa shape index (κ1) is 18.5. The van der Waals surface area contributed by atoms with Crippen LogP contribution in [0.15, 0.2) is 11.6 Å². The fourth-order valence-corrected chi connectivity index (χ4v) is 7.54. The van der Waals surface area contributed by atoms with E-state index in [1.807, 2.05) is 6.92 Å². The molecule has 4 aliphatic rings. The van der Waals surface area contributed by atoms with E-state index in [9.17, 15) is 23.1 Å². The molecule has 0 aliphatic heterocycles. The monoisotopic (exact) mass is 370 g/mol. The Hall–Kier alpha value is -0.840. The van der Waals surface area contributed by atoms with Gasteiger partial charge in [0.2, 0.25) is 0 Å². The topological polar surface area (TPSA) is 37.3 Å². The summed E-state index contributed by atoms with van der Waals surface area (Å²) in [5.41, 5.74) is -2.61. The zero-order valence-corrected chi connectivity index (χ0v) is 15.8. The average molecular weight is 370 g/mol. The molecule has 3 fully saturated rings. The Bertz CT molecular complexity index is 669. The lowest BCUT2D eigenvalue weighted by atomic mass is 9.44. The van der Waals surface area contributed by atoms with Gasteiger partial charge in [0, 0.05) is 11.8 Å². The molecule has 0 bridgehead atoms. The molecule has 2 nitrogen and oxygen atoms in total. The Balaban J connectivity index is 1.72. The lowest BCUT2D eigenvalue weighted by molar-refractivity contribution is -0.303. The lowest BCUT2D eigenvalue weighted by Gasteiger charge is -2.61. The number of aliphatic hydroxyl groups is 1. The number of hydrogen-bond acceptors (Lipinski definition) is 2. The quantitative estimate of drug-likeness (QED) is 0.647. The molecule has 0 aromatic heterocycles. The summed E-state index contributed by atoms with van der Waals surface area (Å²) in [5, 5.41) is 10.7. The SMILES string of the molecule is CC1=CC(=O)CC2CC[C@@H]3[C@@H](CC[C@@]4(C)[C@H]3CCC4(O)C(F)(F)F)[C@@]12C. The predicted molar refractivity (Wildman–Crippen MR) is 92.3 cm³/mol. The van der Waals surface area contributed by atoms with E-state index < -0.39 is 17.2 Å². The van der Waals surface area contributed by atoms with Crippen LogP contribution in [-0.2, 0) is 4.79 Å². The number of rotatable bonds is 0. The van der Waals surface area contributed by atoms with Gasteiger partial charge in [0.1, 0.15) is 0 Å². The van der Waals surface area contributed by atoms with Gasteiger partial charge in [-0.3, -0.25) is 4.79 Å². The molecule has 146 valence electrons. The van der Waals surface area contributed by atoms with Crippen LogP contribution in [0.25, 0.3) is 0 Å². The highest BCUT2D eigenvalue weighted by molar-refractivity contribution is 5.91. The molecule has 0 radical (unpaired) electrons. The van der Waals surface area contributed by atoms with Gasteiger partial charge in [0.25, 0.3) is 0 Å². The highest BCUT2D eigenvalue weighted by Gasteiger charge is 2.72. The maximum atomic E-state index is 13.7. The first-order chi connectivity index (χ1) is 11.9. The molecule has 0 aromatic carbocycles. The van der Waals surface area contributed by atoms with Crippen LogP contribution in [0.3, 0.4) is 0 Å². The Morgan fingerprint density at radius 1 is 1.08 bits per heavy atom. The summed E-state index contributed by atoms with van der Waals surface area (Å²) in [6, 6.07) is 0. The number of ketones is 1. The minimum absolute atomic E-state index is 0.0862. The molecule has 5 heteroatoms. The van der Waals surface area contributed by atoms with Gasteiger partial charge in [0.05, 0.1) is 0 Å². The van der Waals surface area contributed by atoms with E-state index in [1.54, 1.807) is 13.0 Å². The van der Waals surface area contributed by atoms with E-state index in [2.05, 4.69) is 6.92 Å². The minimum atomic E-state index is -4.57. The van der Waals surface area contributed by atoms with Gasteiger partial charge < -0.3 is 5.11 Å². The Morgan fingerprint density at radius 2 is 1.73 bits per heavy atom. The normalized spacial score (nSPS) is 51.3. The number of carbonyl (C=O) groups excluding carboxylic acids is 1. The van der Waals surface area contributed by atoms with Crippen molar-refractivity contribution in [1.82, 2.24) is 0 Å². The van der Waals surface area contributed by atoms with Gasteiger partial charge in [-0.25, -0.2) is 0 Å². The third-order valence-corrected chi connectivity index (χ3v) is 9.20. The lowest BCUT2D eigenvalue weighted by Crippen LogP contribution is -2.60. The van der Waals surface area contributed by atoms with Crippen molar-refractivity contribution in [2.45, 2.75) is 77.5 Å². The average Bonchev–Trinajstić information content (AvgIpc) is 2.82. The highest BCUT2D eigenvalue weighted by atomic mass is 19.4. The molecule has 0 aromatic rings. The molecule has 26 heavy (non-hydrogen) atoms. The van der Waals surface area contributed by atoms with Gasteiger partial charge in [-0.2, -0.15) is 13.2 Å². The van der Waals surface area contributed by atoms with Crippen molar-refractivity contribution in [3.05, 3.63) is 11.6 Å². The Labute approximate surface area is 153 Å². The maximum absolute atomic E-state index is 13.7. The van der Waals surface area contributed by atoms with Crippen molar-refractivity contribution < 1.29 is 23.1 Å². The molecule has 4 aliphatic carbocycles. The largest absolute Gasteiger partial charge is 0.417 e. The van der Waals surface area contributed by atoms with Crippen molar-refractivity contribution in [2.75, 3.05) is 0 Å². The third-order valence-electron chi connectivity index (χ3n) is 9.20. The van der Waals surface area contributed by atoms with E-state index in [-0.39, 0.29) is 29.5 Å². The zero-order valence-electron chi connectivity index (χ0n) is 15.8. The molecule has 4 rings (SSSR count). The number of halogens is 3. The first-order valence-corrected chi connectivity index (χ1v) is 9.96. The van der Waals surface area contributed by atoms with Crippen LogP contribution in [-0.4, -0.2) is 22.7 Å². The molecular formula is C21H29F3O2. The summed E-state index contributed by atoms with van der Waals surface area (Å²) in [7, 11) is 0. The van der Waals surface area contributed by atoms with Crippen LogP contribution in [0.4, 0.5) is 13.2 Å². The molecule has 2 unspecified atom stereocenters. The molecule has 7 atom stereocenters. The van der Waals surface area contributed by atoms with Gasteiger partial charge in [-0.15, -0.1) is 0 Å². The molecule has 0 spiro atoms. The van der Waals surface area contributed by atoms with Crippen LogP contribution in [0, 0.1) is 34.5 Å². The van der Waals surface area contributed by atoms with Crippen molar-refractivity contribution in [3.8, 4) is 0 Å². The molecule has 0 saturated heterocycles. The first-order valence-electron chi connectivity index (χ1n) is 9.96. The molecule has 0 amide bonds. The number of allylic oxidation sites excluding steroid dienone is 2. The summed E-state index contributed by atoms with van der Waals surface area (Å²) in [6.45, 7) is 5.94. The Kier molecular flexibility index (Phi) is 3.82. The second kappa shape index (κ2) is 5.36. The van der Waals surface area contributed by atoms with Crippen LogP contribution in [0.5, 0.6) is 0 Å². The summed E-state index contributed by atoms with van der Waals surface area (Å²) < 4.78 is 41.2. The fourth-order valence-electron chi connectivity index (χ4n) is 7.54. The second-order valence-electron chi connectivity index (χ2n) is 9.78. The zero-order chi connectivity index (χ0) is 19.1. The maximum Gasteiger partial charge on any atom is 0.417 e. The summed E-state index contributed by atoms with van der Waals surface area (Å²) in [6.07, 6.45) is 0.979. The Morgan fingerprint density at radius 3 is 2.38 bits per heavy atom. The van der Waals surface area contributed by atoms with E-state index in [0.717, 1.165) is 18.4 Å². The van der Waals surface area contributed by atoms with E-state index in [4.69, 9.17) is 0 Å². The molecule has 3 saturated carbocycles. The van der Waals surface area contributed by atoms with Crippen LogP contribution in [0.1, 0.15) is 65.7 Å². The standard InChI is InChI=1S/C21H29F3O2/c1-12-10-14(25)11-13-4-5-15-16-7-9-20(26,21(22,23)24)18(16,2)8-6-17(15)19(12,13)3/h10,13,15-17,26H,4-9,11H2,1-3H3/t13?,15-,16-,17+,18-,19-,20?/m0/s1. The van der Waals surface area contributed by atoms with Crippen LogP contribution >= 0.6 is 0 Å². The molecular weight excluding hydrogens is 341 g/mol. The number of hydrogen-bond donors (Lipinski definition) is 1. The smallest absolute Gasteiger partial charge is 0.380 e. The van der Waals surface area contributed by atoms with Gasteiger partial charge in [-0.1, -0.05) is 19.4 Å². The van der Waals surface area contributed by atoms with Gasteiger partial charge >= 0.3 is 6.18 Å². The van der Waals surface area contributed by atoms with Crippen LogP contribution < -0.4 is 0 Å². The number of alkyl halides is 3.